The first-order chi connectivity index (χ1) is 8.83. The Balaban J connectivity index is 2.01. The lowest BCUT2D eigenvalue weighted by molar-refractivity contribution is 0.100. The highest BCUT2D eigenvalue weighted by atomic mass is 16.5. The minimum absolute atomic E-state index is 0.374. The Morgan fingerprint density at radius 3 is 2.94 bits per heavy atom. The van der Waals surface area contributed by atoms with E-state index < -0.39 is 0 Å². The summed E-state index contributed by atoms with van der Waals surface area (Å²) in [5, 5.41) is 8.85. The molecule has 0 unspecified atom stereocenters. The van der Waals surface area contributed by atoms with Crippen LogP contribution in [0.5, 0.6) is 5.75 Å². The first-order valence-electron chi connectivity index (χ1n) is 5.46. The molecule has 1 N–H and O–H groups in total. The van der Waals surface area contributed by atoms with Crippen LogP contribution in [0.2, 0.25) is 0 Å². The number of nitrogens with one attached hydrogen (secondary N) is 1. The van der Waals surface area contributed by atoms with Gasteiger partial charge in [-0.2, -0.15) is 5.26 Å². The number of hydrogen-bond donors (Lipinski definition) is 1. The van der Waals surface area contributed by atoms with Gasteiger partial charge in [0.2, 0.25) is 0 Å². The largest absolute Gasteiger partial charge is 0.496 e. The number of benzene rings is 1. The molecule has 5 heteroatoms. The van der Waals surface area contributed by atoms with Crippen molar-refractivity contribution in [3.05, 3.63) is 47.5 Å². The minimum atomic E-state index is 0.374. The number of hydrogen-bond acceptors (Lipinski definition) is 4. The molecule has 0 aliphatic rings. The lowest BCUT2D eigenvalue weighted by atomic mass is 10.1. The van der Waals surface area contributed by atoms with E-state index in [1.807, 2.05) is 0 Å². The molecule has 0 amide bonds. The van der Waals surface area contributed by atoms with Gasteiger partial charge in [0.1, 0.15) is 18.2 Å². The Kier molecular flexibility index (Phi) is 3.94. The molecule has 92 valence electrons. The van der Waals surface area contributed by atoms with Crippen LogP contribution in [0.3, 0.4) is 0 Å². The summed E-state index contributed by atoms with van der Waals surface area (Å²) in [4.78, 5) is 7.01. The molecule has 0 aliphatic carbocycles. The van der Waals surface area contributed by atoms with Crippen molar-refractivity contribution in [1.82, 2.24) is 9.97 Å². The molecule has 0 saturated heterocycles. The molecule has 0 radical (unpaired) electrons. The number of methoxy groups -OCH3 is 1. The number of H-pyrrole nitrogens is 1. The first-order valence-corrected chi connectivity index (χ1v) is 5.46. The third-order valence-corrected chi connectivity index (χ3v) is 2.46. The molecule has 2 aromatic rings. The number of imidazole rings is 1. The molecule has 0 bridgehead atoms. The molecule has 1 aromatic heterocycles. The second kappa shape index (κ2) is 5.84. The van der Waals surface area contributed by atoms with Crippen molar-refractivity contribution in [2.75, 3.05) is 7.11 Å². The zero-order chi connectivity index (χ0) is 12.8. The van der Waals surface area contributed by atoms with Crippen molar-refractivity contribution in [3.8, 4) is 11.8 Å². The van der Waals surface area contributed by atoms with E-state index in [1.54, 1.807) is 37.7 Å². The molecule has 18 heavy (non-hydrogen) atoms. The highest BCUT2D eigenvalue weighted by Gasteiger charge is 2.05. The predicted molar refractivity (Wildman–Crippen MR) is 64.8 cm³/mol. The van der Waals surface area contributed by atoms with Crippen molar-refractivity contribution in [2.45, 2.75) is 13.2 Å². The zero-order valence-electron chi connectivity index (χ0n) is 10.0. The van der Waals surface area contributed by atoms with Gasteiger partial charge in [-0.25, -0.2) is 4.98 Å². The van der Waals surface area contributed by atoms with E-state index in [4.69, 9.17) is 14.7 Å². The number of nitriles is 1. The zero-order valence-corrected chi connectivity index (χ0v) is 10.0. The van der Waals surface area contributed by atoms with E-state index in [9.17, 15) is 0 Å². The van der Waals surface area contributed by atoms with E-state index in [0.717, 1.165) is 11.4 Å². The molecule has 0 atom stereocenters. The Bertz CT molecular complexity index is 544. The number of ether oxygens (including phenoxy) is 2. The average molecular weight is 243 g/mol. The molecule has 0 aliphatic heterocycles. The lowest BCUT2D eigenvalue weighted by Crippen LogP contribution is -1.99. The fourth-order valence-corrected chi connectivity index (χ4v) is 1.60. The number of nitrogens with zero attached hydrogens (tertiary/aromatic N) is 2. The molecule has 0 fully saturated rings. The van der Waals surface area contributed by atoms with Crippen LogP contribution in [0.4, 0.5) is 0 Å². The molecule has 1 heterocycles. The summed E-state index contributed by atoms with van der Waals surface area (Å²) in [7, 11) is 1.59. The highest BCUT2D eigenvalue weighted by Crippen LogP contribution is 2.20. The third kappa shape index (κ3) is 2.87. The standard InChI is InChI=1S/C13H13N3O2/c1-17-12-3-2-10(7-14)6-11(12)8-18-9-13-15-4-5-16-13/h2-6H,8-9H2,1H3,(H,15,16). The van der Waals surface area contributed by atoms with Gasteiger partial charge in [-0.05, 0) is 18.2 Å². The number of aromatic amines is 1. The van der Waals surface area contributed by atoms with E-state index in [0.29, 0.717) is 24.5 Å². The van der Waals surface area contributed by atoms with Gasteiger partial charge in [-0.15, -0.1) is 0 Å². The topological polar surface area (TPSA) is 70.9 Å². The first kappa shape index (κ1) is 12.1. The van der Waals surface area contributed by atoms with Crippen LogP contribution in [-0.4, -0.2) is 17.1 Å². The van der Waals surface area contributed by atoms with E-state index in [2.05, 4.69) is 16.0 Å². The van der Waals surface area contributed by atoms with Crippen molar-refractivity contribution < 1.29 is 9.47 Å². The third-order valence-electron chi connectivity index (χ3n) is 2.46. The summed E-state index contributed by atoms with van der Waals surface area (Å²) >= 11 is 0. The smallest absolute Gasteiger partial charge is 0.132 e. The number of aromatic nitrogens is 2. The molecule has 5 nitrogen and oxygen atoms in total. The quantitative estimate of drug-likeness (QED) is 0.871. The van der Waals surface area contributed by atoms with Crippen LogP contribution in [0.1, 0.15) is 17.0 Å². The van der Waals surface area contributed by atoms with Crippen LogP contribution < -0.4 is 4.74 Å². The maximum atomic E-state index is 8.85. The van der Waals surface area contributed by atoms with E-state index in [1.165, 1.54) is 0 Å². The monoisotopic (exact) mass is 243 g/mol. The Morgan fingerprint density at radius 2 is 2.28 bits per heavy atom. The van der Waals surface area contributed by atoms with Crippen molar-refractivity contribution >= 4 is 0 Å². The minimum Gasteiger partial charge on any atom is -0.496 e. The average Bonchev–Trinajstić information content (AvgIpc) is 2.92. The van der Waals surface area contributed by atoms with Crippen molar-refractivity contribution in [3.63, 3.8) is 0 Å². The summed E-state index contributed by atoms with van der Waals surface area (Å²) in [6, 6.07) is 7.34. The summed E-state index contributed by atoms with van der Waals surface area (Å²) in [5.74, 6) is 1.49. The Hall–Kier alpha value is -2.32. The van der Waals surface area contributed by atoms with Gasteiger partial charge in [-0.1, -0.05) is 0 Å². The highest BCUT2D eigenvalue weighted by molar-refractivity contribution is 5.41. The van der Waals surface area contributed by atoms with Gasteiger partial charge in [0.05, 0.1) is 25.3 Å². The van der Waals surface area contributed by atoms with Gasteiger partial charge < -0.3 is 14.5 Å². The van der Waals surface area contributed by atoms with Gasteiger partial charge in [-0.3, -0.25) is 0 Å². The fourth-order valence-electron chi connectivity index (χ4n) is 1.60. The van der Waals surface area contributed by atoms with Gasteiger partial charge in [0.15, 0.2) is 0 Å². The van der Waals surface area contributed by atoms with E-state index >= 15 is 0 Å². The second-order valence-electron chi connectivity index (χ2n) is 3.67. The van der Waals surface area contributed by atoms with Crippen LogP contribution in [0.15, 0.2) is 30.6 Å². The summed E-state index contributed by atoms with van der Waals surface area (Å²) < 4.78 is 10.7. The van der Waals surface area contributed by atoms with Crippen molar-refractivity contribution in [2.24, 2.45) is 0 Å². The second-order valence-corrected chi connectivity index (χ2v) is 3.67. The van der Waals surface area contributed by atoms with Gasteiger partial charge >= 0.3 is 0 Å². The van der Waals surface area contributed by atoms with Crippen LogP contribution >= 0.6 is 0 Å². The van der Waals surface area contributed by atoms with E-state index in [-0.39, 0.29) is 0 Å². The Labute approximate surface area is 105 Å². The Morgan fingerprint density at radius 1 is 1.39 bits per heavy atom. The molecule has 2 rings (SSSR count). The lowest BCUT2D eigenvalue weighted by Gasteiger charge is -2.08. The molecular weight excluding hydrogens is 230 g/mol. The summed E-state index contributed by atoms with van der Waals surface area (Å²) in [6.45, 7) is 0.770. The van der Waals surface area contributed by atoms with Gasteiger partial charge in [0.25, 0.3) is 0 Å². The molecule has 0 spiro atoms. The van der Waals surface area contributed by atoms with Crippen LogP contribution in [-0.2, 0) is 18.0 Å². The summed E-state index contributed by atoms with van der Waals surface area (Å²) in [5.41, 5.74) is 1.44. The fraction of sp³-hybridized carbons (Fsp3) is 0.231. The number of rotatable bonds is 5. The molecular formula is C13H13N3O2. The van der Waals surface area contributed by atoms with Crippen LogP contribution in [0.25, 0.3) is 0 Å². The maximum Gasteiger partial charge on any atom is 0.132 e. The normalized spacial score (nSPS) is 10.0. The molecule has 0 saturated carbocycles. The van der Waals surface area contributed by atoms with Gasteiger partial charge in [0, 0.05) is 18.0 Å². The predicted octanol–water partition coefficient (Wildman–Crippen LogP) is 2.01. The molecule has 1 aromatic carbocycles. The summed E-state index contributed by atoms with van der Waals surface area (Å²) in [6.07, 6.45) is 3.42. The maximum absolute atomic E-state index is 8.85. The SMILES string of the molecule is COc1ccc(C#N)cc1COCc1ncc[nH]1. The van der Waals surface area contributed by atoms with Crippen LogP contribution in [0, 0.1) is 11.3 Å². The van der Waals surface area contributed by atoms with Crippen molar-refractivity contribution in [1.29, 1.82) is 5.26 Å².